The van der Waals surface area contributed by atoms with Crippen molar-refractivity contribution in [1.29, 1.82) is 0 Å². The number of fused-ring (bicyclic) bond motifs is 1. The van der Waals surface area contributed by atoms with Crippen LogP contribution in [0, 0.1) is 13.8 Å². The second-order valence-corrected chi connectivity index (χ2v) is 9.09. The van der Waals surface area contributed by atoms with Gasteiger partial charge in [-0.05, 0) is 61.7 Å². The zero-order chi connectivity index (χ0) is 24.4. The van der Waals surface area contributed by atoms with E-state index in [1.807, 2.05) is 59.5 Å². The summed E-state index contributed by atoms with van der Waals surface area (Å²) >= 11 is 0. The second-order valence-electron chi connectivity index (χ2n) is 9.09. The Labute approximate surface area is 206 Å². The van der Waals surface area contributed by atoms with Crippen LogP contribution >= 0.6 is 0 Å². The Bertz CT molecular complexity index is 1360. The summed E-state index contributed by atoms with van der Waals surface area (Å²) in [7, 11) is 1.65. The number of imidazole rings is 1. The number of nitrogens with zero attached hydrogens (tertiary/aromatic N) is 3. The molecule has 0 bridgehead atoms. The van der Waals surface area contributed by atoms with E-state index < -0.39 is 0 Å². The summed E-state index contributed by atoms with van der Waals surface area (Å²) in [6.45, 7) is 6.14. The van der Waals surface area contributed by atoms with Gasteiger partial charge in [0.25, 0.3) is 0 Å². The van der Waals surface area contributed by atoms with Crippen LogP contribution in [0.4, 0.5) is 5.69 Å². The molecule has 1 aliphatic heterocycles. The molecule has 35 heavy (non-hydrogen) atoms. The van der Waals surface area contributed by atoms with Gasteiger partial charge in [0.05, 0.1) is 24.8 Å². The van der Waals surface area contributed by atoms with E-state index in [0.717, 1.165) is 52.6 Å². The lowest BCUT2D eigenvalue weighted by Crippen LogP contribution is -2.25. The van der Waals surface area contributed by atoms with Crippen molar-refractivity contribution < 1.29 is 14.3 Å². The lowest BCUT2D eigenvalue weighted by atomic mass is 10.1. The molecule has 0 spiro atoms. The molecule has 180 valence electrons. The van der Waals surface area contributed by atoms with Crippen molar-refractivity contribution in [3.8, 4) is 11.5 Å². The third-order valence-corrected chi connectivity index (χ3v) is 6.89. The summed E-state index contributed by atoms with van der Waals surface area (Å²) in [6.07, 6.45) is 1.28. The highest BCUT2D eigenvalue weighted by molar-refractivity contribution is 5.97. The second kappa shape index (κ2) is 9.82. The molecule has 2 heterocycles. The lowest BCUT2D eigenvalue weighted by Gasteiger charge is -2.20. The molecule has 1 fully saturated rings. The largest absolute Gasteiger partial charge is 0.493 e. The van der Waals surface area contributed by atoms with Gasteiger partial charge in [-0.3, -0.25) is 4.79 Å². The number of aromatic nitrogens is 2. The minimum atomic E-state index is 0.0462. The van der Waals surface area contributed by atoms with Gasteiger partial charge in [-0.2, -0.15) is 0 Å². The predicted molar refractivity (Wildman–Crippen MR) is 138 cm³/mol. The number of para-hydroxylation sites is 4. The number of rotatable bonds is 8. The maximum Gasteiger partial charge on any atom is 0.227 e. The van der Waals surface area contributed by atoms with E-state index in [-0.39, 0.29) is 11.8 Å². The topological polar surface area (TPSA) is 56.6 Å². The molecule has 0 aliphatic carbocycles. The van der Waals surface area contributed by atoms with Crippen molar-refractivity contribution in [3.05, 3.63) is 83.7 Å². The van der Waals surface area contributed by atoms with E-state index in [4.69, 9.17) is 14.5 Å². The molecule has 5 rings (SSSR count). The number of methoxy groups -OCH3 is 1. The van der Waals surface area contributed by atoms with Crippen LogP contribution in [-0.4, -0.2) is 35.7 Å². The van der Waals surface area contributed by atoms with Crippen molar-refractivity contribution in [1.82, 2.24) is 9.55 Å². The van der Waals surface area contributed by atoms with Gasteiger partial charge < -0.3 is 18.9 Å². The van der Waals surface area contributed by atoms with Crippen molar-refractivity contribution in [2.45, 2.75) is 39.2 Å². The number of carbonyl (C=O) groups excluding carboxylic acids is 1. The van der Waals surface area contributed by atoms with Gasteiger partial charge in [-0.15, -0.1) is 0 Å². The molecule has 0 saturated carbocycles. The van der Waals surface area contributed by atoms with Crippen molar-refractivity contribution in [3.63, 3.8) is 0 Å². The van der Waals surface area contributed by atoms with E-state index >= 15 is 0 Å². The van der Waals surface area contributed by atoms with E-state index in [9.17, 15) is 4.79 Å². The third-order valence-electron chi connectivity index (χ3n) is 6.89. The number of anilines is 1. The Balaban J connectivity index is 1.36. The van der Waals surface area contributed by atoms with E-state index in [2.05, 4.69) is 30.5 Å². The van der Waals surface area contributed by atoms with Gasteiger partial charge in [0.15, 0.2) is 11.5 Å². The number of aryl methyl sites for hydroxylation is 2. The Morgan fingerprint density at radius 1 is 0.971 bits per heavy atom. The summed E-state index contributed by atoms with van der Waals surface area (Å²) < 4.78 is 13.7. The van der Waals surface area contributed by atoms with E-state index in [1.54, 1.807) is 7.11 Å². The van der Waals surface area contributed by atoms with Crippen LogP contribution in [-0.2, 0) is 11.3 Å². The predicted octanol–water partition coefficient (Wildman–Crippen LogP) is 5.65. The van der Waals surface area contributed by atoms with E-state index in [1.165, 1.54) is 5.56 Å². The highest BCUT2D eigenvalue weighted by Gasteiger charge is 2.35. The summed E-state index contributed by atoms with van der Waals surface area (Å²) in [4.78, 5) is 20.0. The quantitative estimate of drug-likeness (QED) is 0.313. The van der Waals surface area contributed by atoms with Crippen LogP contribution in [0.25, 0.3) is 11.0 Å². The number of amides is 1. The van der Waals surface area contributed by atoms with Crippen LogP contribution in [0.3, 0.4) is 0 Å². The molecule has 0 N–H and O–H groups in total. The number of benzene rings is 3. The molecule has 1 aliphatic rings. The van der Waals surface area contributed by atoms with Crippen LogP contribution in [0.15, 0.2) is 66.7 Å². The average Bonchev–Trinajstić information content (AvgIpc) is 3.44. The zero-order valence-electron chi connectivity index (χ0n) is 20.5. The Kier molecular flexibility index (Phi) is 6.45. The maximum absolute atomic E-state index is 13.1. The van der Waals surface area contributed by atoms with Crippen molar-refractivity contribution in [2.75, 3.05) is 25.2 Å². The Morgan fingerprint density at radius 2 is 1.74 bits per heavy atom. The first kappa shape index (κ1) is 23.0. The van der Waals surface area contributed by atoms with Crippen LogP contribution in [0.5, 0.6) is 11.5 Å². The van der Waals surface area contributed by atoms with Gasteiger partial charge in [-0.25, -0.2) is 4.98 Å². The first-order valence-corrected chi connectivity index (χ1v) is 12.1. The standard InChI is InChI=1S/C29H31N3O3/c1-20-10-8-13-24(21(20)2)32-19-22(18-28(32)33)29-30-23-11-4-5-12-25(23)31(29)16-9-17-35-27-15-7-6-14-26(27)34-3/h4-8,10-15,22H,9,16-19H2,1-3H3. The molecule has 1 atom stereocenters. The summed E-state index contributed by atoms with van der Waals surface area (Å²) in [6, 6.07) is 22.0. The van der Waals surface area contributed by atoms with E-state index in [0.29, 0.717) is 19.6 Å². The van der Waals surface area contributed by atoms with Crippen LogP contribution in [0.1, 0.15) is 35.7 Å². The van der Waals surface area contributed by atoms with Crippen molar-refractivity contribution >= 4 is 22.6 Å². The number of hydrogen-bond acceptors (Lipinski definition) is 4. The number of carbonyl (C=O) groups is 1. The average molecular weight is 470 g/mol. The third kappa shape index (κ3) is 4.48. The van der Waals surface area contributed by atoms with Gasteiger partial charge in [0.2, 0.25) is 5.91 Å². The molecule has 1 aromatic heterocycles. The monoisotopic (exact) mass is 469 g/mol. The van der Waals surface area contributed by atoms with Crippen molar-refractivity contribution in [2.24, 2.45) is 0 Å². The SMILES string of the molecule is COc1ccccc1OCCCn1c(C2CC(=O)N(c3cccc(C)c3C)C2)nc2ccccc21. The van der Waals surface area contributed by atoms with Gasteiger partial charge in [-0.1, -0.05) is 36.4 Å². The number of hydrogen-bond donors (Lipinski definition) is 0. The van der Waals surface area contributed by atoms with Crippen LogP contribution in [0.2, 0.25) is 0 Å². The summed E-state index contributed by atoms with van der Waals surface area (Å²) in [5.74, 6) is 2.66. The zero-order valence-corrected chi connectivity index (χ0v) is 20.5. The van der Waals surface area contributed by atoms with Gasteiger partial charge >= 0.3 is 0 Å². The summed E-state index contributed by atoms with van der Waals surface area (Å²) in [5, 5.41) is 0. The Hall–Kier alpha value is -3.80. The normalized spacial score (nSPS) is 15.7. The number of ether oxygens (including phenoxy) is 2. The molecule has 1 unspecified atom stereocenters. The first-order valence-electron chi connectivity index (χ1n) is 12.1. The van der Waals surface area contributed by atoms with Gasteiger partial charge in [0.1, 0.15) is 5.82 Å². The van der Waals surface area contributed by atoms with Gasteiger partial charge in [0, 0.05) is 31.1 Å². The minimum Gasteiger partial charge on any atom is -0.493 e. The molecular formula is C29H31N3O3. The molecule has 3 aromatic carbocycles. The molecule has 4 aromatic rings. The Morgan fingerprint density at radius 3 is 2.57 bits per heavy atom. The molecule has 0 radical (unpaired) electrons. The molecule has 1 saturated heterocycles. The lowest BCUT2D eigenvalue weighted by molar-refractivity contribution is -0.117. The highest BCUT2D eigenvalue weighted by atomic mass is 16.5. The molecule has 1 amide bonds. The first-order chi connectivity index (χ1) is 17.1. The fraction of sp³-hybridized carbons (Fsp3) is 0.310. The molecule has 6 heteroatoms. The highest BCUT2D eigenvalue weighted by Crippen LogP contribution is 2.35. The molecule has 6 nitrogen and oxygen atoms in total. The fourth-order valence-corrected chi connectivity index (χ4v) is 4.93. The molecular weight excluding hydrogens is 438 g/mol. The maximum atomic E-state index is 13.1. The smallest absolute Gasteiger partial charge is 0.227 e. The fourth-order valence-electron chi connectivity index (χ4n) is 4.93. The summed E-state index contributed by atoms with van der Waals surface area (Å²) in [5.41, 5.74) is 5.41. The minimum absolute atomic E-state index is 0.0462. The van der Waals surface area contributed by atoms with Crippen LogP contribution < -0.4 is 14.4 Å².